The molecular weight excluding hydrogens is 290 g/mol. The Labute approximate surface area is 126 Å². The molecule has 1 unspecified atom stereocenters. The van der Waals surface area contributed by atoms with Crippen LogP contribution in [-0.2, 0) is 19.6 Å². The Bertz CT molecular complexity index is 639. The summed E-state index contributed by atoms with van der Waals surface area (Å²) in [6, 6.07) is 5.39. The summed E-state index contributed by atoms with van der Waals surface area (Å²) in [5.41, 5.74) is 1.63. The average Bonchev–Trinajstić information content (AvgIpc) is 2.49. The summed E-state index contributed by atoms with van der Waals surface area (Å²) in [7, 11) is -2.23. The van der Waals surface area contributed by atoms with Crippen molar-refractivity contribution in [3.8, 4) is 0 Å². The Hall–Kier alpha value is -1.40. The number of benzene rings is 1. The second-order valence-electron chi connectivity index (χ2n) is 5.49. The van der Waals surface area contributed by atoms with Gasteiger partial charge in [-0.05, 0) is 43.9 Å². The van der Waals surface area contributed by atoms with Gasteiger partial charge in [-0.25, -0.2) is 8.42 Å². The van der Waals surface area contributed by atoms with Crippen LogP contribution in [0.2, 0.25) is 0 Å². The van der Waals surface area contributed by atoms with E-state index in [4.69, 9.17) is 4.74 Å². The van der Waals surface area contributed by atoms with Crippen LogP contribution in [0.4, 0.5) is 0 Å². The van der Waals surface area contributed by atoms with Crippen LogP contribution in [0.1, 0.15) is 24.0 Å². The van der Waals surface area contributed by atoms with Gasteiger partial charge in [0.15, 0.2) is 0 Å². The van der Waals surface area contributed by atoms with Gasteiger partial charge in [-0.3, -0.25) is 4.79 Å². The van der Waals surface area contributed by atoms with Crippen molar-refractivity contribution in [2.75, 3.05) is 20.2 Å². The van der Waals surface area contributed by atoms with Gasteiger partial charge in [-0.2, -0.15) is 4.31 Å². The second-order valence-corrected chi connectivity index (χ2v) is 7.40. The zero-order chi connectivity index (χ0) is 15.6. The molecule has 21 heavy (non-hydrogen) atoms. The van der Waals surface area contributed by atoms with Crippen molar-refractivity contribution >= 4 is 16.0 Å². The summed E-state index contributed by atoms with van der Waals surface area (Å²) in [4.78, 5) is 12.0. The fourth-order valence-corrected chi connectivity index (χ4v) is 4.48. The van der Waals surface area contributed by atoms with Crippen LogP contribution in [0.25, 0.3) is 0 Å². The van der Waals surface area contributed by atoms with E-state index in [1.807, 2.05) is 19.1 Å². The monoisotopic (exact) mass is 311 g/mol. The van der Waals surface area contributed by atoms with Gasteiger partial charge in [-0.15, -0.1) is 0 Å². The third-order valence-electron chi connectivity index (χ3n) is 3.88. The first-order valence-electron chi connectivity index (χ1n) is 7.01. The van der Waals surface area contributed by atoms with E-state index in [-0.39, 0.29) is 18.4 Å². The first-order chi connectivity index (χ1) is 9.86. The summed E-state index contributed by atoms with van der Waals surface area (Å²) < 4.78 is 31.7. The molecule has 1 aliphatic heterocycles. The van der Waals surface area contributed by atoms with E-state index in [9.17, 15) is 13.2 Å². The molecule has 0 aromatic heterocycles. The van der Waals surface area contributed by atoms with Crippen LogP contribution in [0.15, 0.2) is 23.1 Å². The van der Waals surface area contributed by atoms with E-state index in [0.717, 1.165) is 11.1 Å². The molecule has 1 fully saturated rings. The standard InChI is InChI=1S/C15H21NO4S/c1-11-6-7-12(2)14(9-11)21(18,19)16-8-4-5-13(10-16)15(17)20-3/h6-7,9,13H,4-5,8,10H2,1-3H3. The lowest BCUT2D eigenvalue weighted by Gasteiger charge is -2.31. The predicted octanol–water partition coefficient (Wildman–Crippen LogP) is 1.88. The van der Waals surface area contributed by atoms with E-state index in [1.54, 1.807) is 13.0 Å². The summed E-state index contributed by atoms with van der Waals surface area (Å²) in [5.74, 6) is -0.709. The van der Waals surface area contributed by atoms with Crippen LogP contribution >= 0.6 is 0 Å². The number of methoxy groups -OCH3 is 1. The molecule has 6 heteroatoms. The highest BCUT2D eigenvalue weighted by Gasteiger charge is 2.34. The minimum Gasteiger partial charge on any atom is -0.469 e. The molecule has 2 rings (SSSR count). The predicted molar refractivity (Wildman–Crippen MR) is 79.4 cm³/mol. The van der Waals surface area contributed by atoms with Crippen molar-refractivity contribution in [1.29, 1.82) is 0 Å². The lowest BCUT2D eigenvalue weighted by atomic mass is 10.0. The number of carbonyl (C=O) groups excluding carboxylic acids is 1. The number of hydrogen-bond acceptors (Lipinski definition) is 4. The van der Waals surface area contributed by atoms with Crippen molar-refractivity contribution < 1.29 is 17.9 Å². The Morgan fingerprint density at radius 3 is 2.71 bits per heavy atom. The molecule has 0 spiro atoms. The Morgan fingerprint density at radius 2 is 2.05 bits per heavy atom. The maximum absolute atomic E-state index is 12.8. The van der Waals surface area contributed by atoms with Gasteiger partial charge in [0, 0.05) is 13.1 Å². The maximum Gasteiger partial charge on any atom is 0.309 e. The summed E-state index contributed by atoms with van der Waals surface area (Å²) in [6.07, 6.45) is 1.34. The third-order valence-corrected chi connectivity index (χ3v) is 5.89. The highest BCUT2D eigenvalue weighted by atomic mass is 32.2. The molecule has 116 valence electrons. The lowest BCUT2D eigenvalue weighted by molar-refractivity contribution is -0.146. The van der Waals surface area contributed by atoms with Gasteiger partial charge in [-0.1, -0.05) is 12.1 Å². The van der Waals surface area contributed by atoms with Gasteiger partial charge >= 0.3 is 5.97 Å². The number of piperidine rings is 1. The number of carbonyl (C=O) groups is 1. The van der Waals surface area contributed by atoms with Gasteiger partial charge in [0.25, 0.3) is 0 Å². The summed E-state index contributed by atoms with van der Waals surface area (Å²) in [5, 5.41) is 0. The van der Waals surface area contributed by atoms with Gasteiger partial charge in [0.05, 0.1) is 17.9 Å². The first-order valence-corrected chi connectivity index (χ1v) is 8.45. The molecule has 0 N–H and O–H groups in total. The lowest BCUT2D eigenvalue weighted by Crippen LogP contribution is -2.42. The van der Waals surface area contributed by atoms with Crippen LogP contribution < -0.4 is 0 Å². The maximum atomic E-state index is 12.8. The zero-order valence-corrected chi connectivity index (χ0v) is 13.4. The number of nitrogens with zero attached hydrogens (tertiary/aromatic N) is 1. The van der Waals surface area contributed by atoms with Crippen LogP contribution in [-0.4, -0.2) is 38.9 Å². The van der Waals surface area contributed by atoms with Crippen LogP contribution in [0.3, 0.4) is 0 Å². The number of esters is 1. The highest BCUT2D eigenvalue weighted by molar-refractivity contribution is 7.89. The molecule has 1 aromatic rings. The van der Waals surface area contributed by atoms with Crippen molar-refractivity contribution in [3.63, 3.8) is 0 Å². The normalized spacial score (nSPS) is 20.2. The van der Waals surface area contributed by atoms with Crippen LogP contribution in [0.5, 0.6) is 0 Å². The minimum absolute atomic E-state index is 0.197. The van der Waals surface area contributed by atoms with Gasteiger partial charge in [0.2, 0.25) is 10.0 Å². The van der Waals surface area contributed by atoms with Crippen LogP contribution in [0, 0.1) is 19.8 Å². The number of rotatable bonds is 3. The molecule has 1 saturated heterocycles. The smallest absolute Gasteiger partial charge is 0.309 e. The van der Waals surface area contributed by atoms with E-state index >= 15 is 0 Å². The molecule has 0 radical (unpaired) electrons. The Morgan fingerprint density at radius 1 is 1.33 bits per heavy atom. The zero-order valence-electron chi connectivity index (χ0n) is 12.6. The summed E-state index contributed by atoms with van der Waals surface area (Å²) >= 11 is 0. The Kier molecular flexibility index (Phi) is 4.68. The number of hydrogen-bond donors (Lipinski definition) is 0. The molecule has 5 nitrogen and oxygen atoms in total. The largest absolute Gasteiger partial charge is 0.469 e. The van der Waals surface area contributed by atoms with E-state index < -0.39 is 10.0 Å². The first kappa shape index (κ1) is 16.0. The molecule has 0 saturated carbocycles. The van der Waals surface area contributed by atoms with E-state index in [1.165, 1.54) is 11.4 Å². The SMILES string of the molecule is COC(=O)C1CCCN(S(=O)(=O)c2cc(C)ccc2C)C1. The molecule has 0 amide bonds. The molecular formula is C15H21NO4S. The Balaban J connectivity index is 2.31. The van der Waals surface area contributed by atoms with Crippen molar-refractivity contribution in [2.45, 2.75) is 31.6 Å². The number of ether oxygens (including phenoxy) is 1. The fourth-order valence-electron chi connectivity index (χ4n) is 2.64. The third kappa shape index (κ3) is 3.27. The molecule has 1 heterocycles. The van der Waals surface area contributed by atoms with Gasteiger partial charge < -0.3 is 4.74 Å². The number of aryl methyl sites for hydroxylation is 2. The van der Waals surface area contributed by atoms with Crippen molar-refractivity contribution in [1.82, 2.24) is 4.31 Å². The molecule has 1 aromatic carbocycles. The average molecular weight is 311 g/mol. The summed E-state index contributed by atoms with van der Waals surface area (Å²) in [6.45, 7) is 4.30. The molecule has 1 atom stereocenters. The van der Waals surface area contributed by atoms with Gasteiger partial charge in [0.1, 0.15) is 0 Å². The topological polar surface area (TPSA) is 63.7 Å². The second kappa shape index (κ2) is 6.15. The highest BCUT2D eigenvalue weighted by Crippen LogP contribution is 2.26. The minimum atomic E-state index is -3.56. The quantitative estimate of drug-likeness (QED) is 0.800. The molecule has 0 aliphatic carbocycles. The number of sulfonamides is 1. The van der Waals surface area contributed by atoms with E-state index in [0.29, 0.717) is 24.3 Å². The van der Waals surface area contributed by atoms with Crippen molar-refractivity contribution in [3.05, 3.63) is 29.3 Å². The fraction of sp³-hybridized carbons (Fsp3) is 0.533. The van der Waals surface area contributed by atoms with Crippen molar-refractivity contribution in [2.24, 2.45) is 5.92 Å². The van der Waals surface area contributed by atoms with E-state index in [2.05, 4.69) is 0 Å². The molecule has 1 aliphatic rings. The molecule has 0 bridgehead atoms.